The Morgan fingerprint density at radius 3 is 1.42 bits per heavy atom. The van der Waals surface area contributed by atoms with E-state index in [9.17, 15) is 9.59 Å². The summed E-state index contributed by atoms with van der Waals surface area (Å²) in [6.45, 7) is 0. The van der Waals surface area contributed by atoms with Gasteiger partial charge in [0.1, 0.15) is 0 Å². The maximum Gasteiger partial charge on any atom is 0.303 e. The first-order chi connectivity index (χ1) is 5.13. The molecule has 0 aromatic rings. The normalized spacial score (nSPS) is 8.67. The van der Waals surface area contributed by atoms with E-state index < -0.39 is 11.9 Å². The first-order valence-electron chi connectivity index (χ1n) is 3.56. The summed E-state index contributed by atoms with van der Waals surface area (Å²) in [5, 5.41) is 16.4. The molecule has 0 aromatic carbocycles. The van der Waals surface area contributed by atoms with Gasteiger partial charge in [-0.15, -0.1) is 0 Å². The Labute approximate surface area is 114 Å². The molecule has 0 amide bonds. The molecule has 0 atom stereocenters. The molecule has 0 rings (SSSR count). The van der Waals surface area contributed by atoms with E-state index in [1.807, 2.05) is 0 Å². The topological polar surface area (TPSA) is 74.6 Å². The number of carboxylic acid groups (broad SMARTS) is 2. The predicted molar refractivity (Wildman–Crippen MR) is 44.1 cm³/mol. The van der Waals surface area contributed by atoms with Crippen molar-refractivity contribution in [2.75, 3.05) is 0 Å². The second-order valence-corrected chi connectivity index (χ2v) is 2.35. The Kier molecular flexibility index (Phi) is 12.1. The zero-order chi connectivity index (χ0) is 8.69. The molecule has 0 aliphatic heterocycles. The third-order valence-electron chi connectivity index (χ3n) is 1.28. The van der Waals surface area contributed by atoms with Gasteiger partial charge < -0.3 is 10.2 Å². The summed E-state index contributed by atoms with van der Waals surface area (Å²) in [4.78, 5) is 20.0. The smallest absolute Gasteiger partial charge is 0.303 e. The molecule has 1 radical (unpaired) electrons. The van der Waals surface area contributed by atoms with Crippen molar-refractivity contribution < 1.29 is 19.8 Å². The van der Waals surface area contributed by atoms with Crippen LogP contribution in [0, 0.1) is 0 Å². The monoisotopic (exact) mass is 199 g/mol. The molecule has 0 aliphatic rings. The van der Waals surface area contributed by atoms with E-state index in [4.69, 9.17) is 10.2 Å². The van der Waals surface area contributed by atoms with E-state index >= 15 is 0 Å². The fourth-order valence-corrected chi connectivity index (χ4v) is 0.729. The van der Waals surface area contributed by atoms with E-state index in [0.29, 0.717) is 19.3 Å². The van der Waals surface area contributed by atoms with Gasteiger partial charge in [-0.25, -0.2) is 0 Å². The van der Waals surface area contributed by atoms with Crippen LogP contribution in [0.15, 0.2) is 0 Å². The molecule has 0 saturated carbocycles. The number of unbranched alkanes of at least 4 members (excludes halogenated alkanes) is 2. The van der Waals surface area contributed by atoms with Gasteiger partial charge in [-0.05, 0) is 12.8 Å². The van der Waals surface area contributed by atoms with Crippen LogP contribution in [0.1, 0.15) is 32.1 Å². The molecular formula is C7H12KO4. The van der Waals surface area contributed by atoms with Gasteiger partial charge in [0.25, 0.3) is 0 Å². The van der Waals surface area contributed by atoms with Crippen molar-refractivity contribution in [3.05, 3.63) is 0 Å². The van der Waals surface area contributed by atoms with Crippen LogP contribution in [0.2, 0.25) is 0 Å². The third kappa shape index (κ3) is 13.2. The molecule has 2 N–H and O–H groups in total. The van der Waals surface area contributed by atoms with Gasteiger partial charge >= 0.3 is 11.9 Å². The number of hydrogen-bond acceptors (Lipinski definition) is 2. The SMILES string of the molecule is O=C(O)CCCCCC(=O)O.[K]. The fraction of sp³-hybridized carbons (Fsp3) is 0.714. The average Bonchev–Trinajstić information content (AvgIpc) is 1.85. The molecule has 0 fully saturated rings. The largest absolute Gasteiger partial charge is 0.481 e. The minimum Gasteiger partial charge on any atom is -0.481 e. The van der Waals surface area contributed by atoms with Crippen molar-refractivity contribution in [3.8, 4) is 0 Å². The van der Waals surface area contributed by atoms with Crippen LogP contribution < -0.4 is 0 Å². The average molecular weight is 199 g/mol. The van der Waals surface area contributed by atoms with Gasteiger partial charge in [0.05, 0.1) is 0 Å². The third-order valence-corrected chi connectivity index (χ3v) is 1.28. The maximum atomic E-state index is 9.98. The summed E-state index contributed by atoms with van der Waals surface area (Å²) in [6, 6.07) is 0. The molecule has 0 aromatic heterocycles. The molecule has 0 unspecified atom stereocenters. The maximum absolute atomic E-state index is 9.98. The first-order valence-corrected chi connectivity index (χ1v) is 3.56. The van der Waals surface area contributed by atoms with Gasteiger partial charge in [0.15, 0.2) is 0 Å². The molecule has 0 saturated heterocycles. The van der Waals surface area contributed by atoms with Crippen molar-refractivity contribution in [1.29, 1.82) is 0 Å². The van der Waals surface area contributed by atoms with E-state index in [1.165, 1.54) is 0 Å². The van der Waals surface area contributed by atoms with Crippen LogP contribution >= 0.6 is 0 Å². The molecule has 5 heteroatoms. The Morgan fingerprint density at radius 2 is 1.17 bits per heavy atom. The van der Waals surface area contributed by atoms with Gasteiger partial charge in [-0.3, -0.25) is 9.59 Å². The van der Waals surface area contributed by atoms with E-state index in [-0.39, 0.29) is 64.2 Å². The van der Waals surface area contributed by atoms with Crippen molar-refractivity contribution in [2.45, 2.75) is 32.1 Å². The minimum atomic E-state index is -0.819. The summed E-state index contributed by atoms with van der Waals surface area (Å²) in [5.74, 6) is -1.64. The first kappa shape index (κ1) is 15.1. The van der Waals surface area contributed by atoms with Gasteiger partial charge in [-0.2, -0.15) is 0 Å². The van der Waals surface area contributed by atoms with Crippen LogP contribution in [0.5, 0.6) is 0 Å². The van der Waals surface area contributed by atoms with E-state index in [0.717, 1.165) is 0 Å². The molecular weight excluding hydrogens is 187 g/mol. The Bertz CT molecular complexity index is 130. The fourth-order valence-electron chi connectivity index (χ4n) is 0.729. The molecule has 0 aliphatic carbocycles. The Morgan fingerprint density at radius 1 is 0.833 bits per heavy atom. The van der Waals surface area contributed by atoms with Crippen LogP contribution in [-0.2, 0) is 9.59 Å². The second-order valence-electron chi connectivity index (χ2n) is 2.35. The number of carbonyl (C=O) groups is 2. The predicted octanol–water partition coefficient (Wildman–Crippen LogP) is 0.725. The summed E-state index contributed by atoms with van der Waals surface area (Å²) in [6.07, 6.45) is 2.10. The Hall–Kier alpha value is 0.576. The molecule has 0 heterocycles. The standard InChI is InChI=1S/C7H12O4.K/c8-6(9)4-2-1-3-5-7(10)11;/h1-5H2,(H,8,9)(H,10,11);. The molecule has 4 nitrogen and oxygen atoms in total. The molecule has 12 heavy (non-hydrogen) atoms. The van der Waals surface area contributed by atoms with Crippen molar-refractivity contribution in [3.63, 3.8) is 0 Å². The van der Waals surface area contributed by atoms with Gasteiger partial charge in [0, 0.05) is 64.2 Å². The molecule has 0 bridgehead atoms. The summed E-state index contributed by atoms with van der Waals surface area (Å²) >= 11 is 0. The number of hydrogen-bond donors (Lipinski definition) is 2. The van der Waals surface area contributed by atoms with Crippen LogP contribution in [0.4, 0.5) is 0 Å². The Balaban J connectivity index is 0. The van der Waals surface area contributed by atoms with Gasteiger partial charge in [0.2, 0.25) is 0 Å². The number of aliphatic carboxylic acids is 2. The quantitative estimate of drug-likeness (QED) is 0.488. The van der Waals surface area contributed by atoms with E-state index in [2.05, 4.69) is 0 Å². The summed E-state index contributed by atoms with van der Waals surface area (Å²) in [7, 11) is 0. The minimum absolute atomic E-state index is 0. The zero-order valence-electron chi connectivity index (χ0n) is 7.25. The van der Waals surface area contributed by atoms with E-state index in [1.54, 1.807) is 0 Å². The zero-order valence-corrected chi connectivity index (χ0v) is 10.4. The summed E-state index contributed by atoms with van der Waals surface area (Å²) < 4.78 is 0. The molecule has 65 valence electrons. The number of carboxylic acids is 2. The summed E-state index contributed by atoms with van der Waals surface area (Å²) in [5.41, 5.74) is 0. The van der Waals surface area contributed by atoms with Crippen molar-refractivity contribution >= 4 is 63.3 Å². The van der Waals surface area contributed by atoms with Gasteiger partial charge in [-0.1, -0.05) is 6.42 Å². The van der Waals surface area contributed by atoms with Crippen molar-refractivity contribution in [1.82, 2.24) is 0 Å². The van der Waals surface area contributed by atoms with Crippen LogP contribution in [-0.4, -0.2) is 73.5 Å². The van der Waals surface area contributed by atoms with Crippen molar-refractivity contribution in [2.24, 2.45) is 0 Å². The molecule has 0 spiro atoms. The van der Waals surface area contributed by atoms with Crippen LogP contribution in [0.25, 0.3) is 0 Å². The second kappa shape index (κ2) is 9.66. The number of rotatable bonds is 6. The van der Waals surface area contributed by atoms with Crippen LogP contribution in [0.3, 0.4) is 0 Å².